The average molecular weight is 208 g/mol. The first-order chi connectivity index (χ1) is 7.01. The van der Waals surface area contributed by atoms with Gasteiger partial charge in [0.2, 0.25) is 0 Å². The van der Waals surface area contributed by atoms with Crippen LogP contribution in [0.5, 0.6) is 5.75 Å². The van der Waals surface area contributed by atoms with Crippen molar-refractivity contribution in [2.75, 3.05) is 6.61 Å². The number of rotatable bonds is 4. The maximum atomic E-state index is 5.40. The van der Waals surface area contributed by atoms with Crippen LogP contribution >= 0.6 is 0 Å². The molecule has 1 aromatic carbocycles. The Hall–Kier alpha value is -1.02. The van der Waals surface area contributed by atoms with Crippen LogP contribution in [0, 0.1) is 0 Å². The maximum Gasteiger partial charge on any atom is 0.119 e. The summed E-state index contributed by atoms with van der Waals surface area (Å²) < 4.78 is 5.40. The molecule has 2 nitrogen and oxygen atoms in total. The first kappa shape index (κ1) is 12.1. The van der Waals surface area contributed by atoms with Crippen molar-refractivity contribution in [2.24, 2.45) is 0 Å². The first-order valence-corrected chi connectivity index (χ1v) is 5.57. The van der Waals surface area contributed by atoms with Gasteiger partial charge in [-0.1, -0.05) is 0 Å². The Bertz CT molecular complexity index is 284. The molecule has 0 aliphatic heterocycles. The molecule has 84 valence electrons. The number of nitrogens with two attached hydrogens (primary N) is 1. The summed E-state index contributed by atoms with van der Waals surface area (Å²) in [5.74, 6) is 0.956. The highest BCUT2D eigenvalue weighted by Crippen LogP contribution is 2.11. The van der Waals surface area contributed by atoms with E-state index in [4.69, 9.17) is 4.74 Å². The molecule has 0 aliphatic rings. The zero-order valence-corrected chi connectivity index (χ0v) is 10.2. The summed E-state index contributed by atoms with van der Waals surface area (Å²) in [6.07, 6.45) is 0. The Morgan fingerprint density at radius 1 is 1.13 bits per heavy atom. The maximum absolute atomic E-state index is 5.40. The Morgan fingerprint density at radius 2 is 1.73 bits per heavy atom. The van der Waals surface area contributed by atoms with Gasteiger partial charge in [-0.05, 0) is 52.0 Å². The highest BCUT2D eigenvalue weighted by atomic mass is 16.5. The highest BCUT2D eigenvalue weighted by Gasteiger charge is 2.12. The Labute approximate surface area is 92.6 Å². The first-order valence-electron chi connectivity index (χ1n) is 5.57. The van der Waals surface area contributed by atoms with Crippen LogP contribution < -0.4 is 10.1 Å². The lowest BCUT2D eigenvalue weighted by Gasteiger charge is -2.16. The molecule has 2 N–H and O–H groups in total. The van der Waals surface area contributed by atoms with Gasteiger partial charge in [0, 0.05) is 5.56 Å². The normalized spacial score (nSPS) is 11.5. The van der Waals surface area contributed by atoms with Gasteiger partial charge in [0.15, 0.2) is 0 Å². The molecular formula is C13H22NO+. The van der Waals surface area contributed by atoms with Crippen molar-refractivity contribution >= 4 is 0 Å². The van der Waals surface area contributed by atoms with Crippen molar-refractivity contribution in [3.63, 3.8) is 0 Å². The lowest BCUT2D eigenvalue weighted by Crippen LogP contribution is -2.92. The Balaban J connectivity index is 2.50. The van der Waals surface area contributed by atoms with E-state index in [-0.39, 0.29) is 0 Å². The molecule has 0 saturated heterocycles. The van der Waals surface area contributed by atoms with Gasteiger partial charge in [0.1, 0.15) is 12.3 Å². The van der Waals surface area contributed by atoms with E-state index in [2.05, 4.69) is 38.2 Å². The number of hydrogen-bond acceptors (Lipinski definition) is 1. The molecule has 0 bridgehead atoms. The van der Waals surface area contributed by atoms with Gasteiger partial charge in [0.25, 0.3) is 0 Å². The molecule has 0 heterocycles. The fraction of sp³-hybridized carbons (Fsp3) is 0.538. The second-order valence-electron chi connectivity index (χ2n) is 4.85. The molecule has 0 aliphatic carbocycles. The number of benzene rings is 1. The van der Waals surface area contributed by atoms with Crippen LogP contribution in [0.3, 0.4) is 0 Å². The predicted molar refractivity (Wildman–Crippen MR) is 63.0 cm³/mol. The van der Waals surface area contributed by atoms with Gasteiger partial charge in [-0.15, -0.1) is 0 Å². The zero-order chi connectivity index (χ0) is 11.3. The summed E-state index contributed by atoms with van der Waals surface area (Å²) >= 11 is 0. The van der Waals surface area contributed by atoms with E-state index in [1.54, 1.807) is 0 Å². The smallest absolute Gasteiger partial charge is 0.119 e. The summed E-state index contributed by atoms with van der Waals surface area (Å²) in [5.41, 5.74) is 1.63. The molecule has 0 amide bonds. The van der Waals surface area contributed by atoms with Crippen molar-refractivity contribution in [3.8, 4) is 5.75 Å². The molecule has 0 aromatic heterocycles. The number of quaternary nitrogens is 1. The third kappa shape index (κ3) is 4.84. The summed E-state index contributed by atoms with van der Waals surface area (Å²) in [7, 11) is 0. The van der Waals surface area contributed by atoms with Crippen molar-refractivity contribution in [1.82, 2.24) is 0 Å². The minimum absolute atomic E-state index is 0.290. The molecule has 1 rings (SSSR count). The fourth-order valence-electron chi connectivity index (χ4n) is 1.31. The second-order valence-corrected chi connectivity index (χ2v) is 4.85. The molecule has 0 atom stereocenters. The number of hydrogen-bond donors (Lipinski definition) is 1. The largest absolute Gasteiger partial charge is 0.494 e. The summed E-state index contributed by atoms with van der Waals surface area (Å²) in [6.45, 7) is 10.4. The lowest BCUT2D eigenvalue weighted by atomic mass is 10.1. The fourth-order valence-corrected chi connectivity index (χ4v) is 1.31. The van der Waals surface area contributed by atoms with Gasteiger partial charge >= 0.3 is 0 Å². The summed E-state index contributed by atoms with van der Waals surface area (Å²) in [5, 5.41) is 2.34. The van der Waals surface area contributed by atoms with Crippen LogP contribution in [-0.4, -0.2) is 12.1 Å². The molecule has 0 radical (unpaired) electrons. The molecular weight excluding hydrogens is 186 g/mol. The molecule has 0 fully saturated rings. The topological polar surface area (TPSA) is 25.8 Å². The van der Waals surface area contributed by atoms with E-state index < -0.39 is 0 Å². The van der Waals surface area contributed by atoms with Crippen molar-refractivity contribution in [2.45, 2.75) is 39.8 Å². The van der Waals surface area contributed by atoms with Gasteiger partial charge in [-0.25, -0.2) is 0 Å². The second kappa shape index (κ2) is 5.17. The van der Waals surface area contributed by atoms with Crippen LogP contribution in [0.1, 0.15) is 33.3 Å². The molecule has 2 heteroatoms. The Kier molecular flexibility index (Phi) is 4.15. The van der Waals surface area contributed by atoms with Gasteiger partial charge < -0.3 is 10.1 Å². The van der Waals surface area contributed by atoms with Crippen LogP contribution in [0.4, 0.5) is 0 Å². The molecule has 0 spiro atoms. The minimum atomic E-state index is 0.290. The van der Waals surface area contributed by atoms with E-state index in [9.17, 15) is 0 Å². The summed E-state index contributed by atoms with van der Waals surface area (Å²) in [4.78, 5) is 0. The van der Waals surface area contributed by atoms with Crippen LogP contribution in [-0.2, 0) is 6.54 Å². The predicted octanol–water partition coefficient (Wildman–Crippen LogP) is 1.95. The van der Waals surface area contributed by atoms with Crippen LogP contribution in [0.25, 0.3) is 0 Å². The summed E-state index contributed by atoms with van der Waals surface area (Å²) in [6, 6.07) is 8.34. The molecule has 0 saturated carbocycles. The van der Waals surface area contributed by atoms with Gasteiger partial charge in [-0.2, -0.15) is 0 Å². The third-order valence-electron chi connectivity index (χ3n) is 2.18. The van der Waals surface area contributed by atoms with Crippen molar-refractivity contribution in [3.05, 3.63) is 29.8 Å². The van der Waals surface area contributed by atoms with E-state index in [0.29, 0.717) is 5.54 Å². The molecule has 0 unspecified atom stereocenters. The minimum Gasteiger partial charge on any atom is -0.494 e. The van der Waals surface area contributed by atoms with E-state index >= 15 is 0 Å². The van der Waals surface area contributed by atoms with Gasteiger partial charge in [-0.3, -0.25) is 0 Å². The SMILES string of the molecule is CCOc1ccc(C[NH2+]C(C)(C)C)cc1. The molecule has 15 heavy (non-hydrogen) atoms. The van der Waals surface area contributed by atoms with Crippen molar-refractivity contribution < 1.29 is 10.1 Å². The van der Waals surface area contributed by atoms with E-state index in [1.807, 2.05) is 19.1 Å². The van der Waals surface area contributed by atoms with E-state index in [1.165, 1.54) is 5.56 Å². The average Bonchev–Trinajstić information content (AvgIpc) is 2.16. The number of ether oxygens (including phenoxy) is 1. The van der Waals surface area contributed by atoms with Crippen LogP contribution in [0.2, 0.25) is 0 Å². The van der Waals surface area contributed by atoms with E-state index in [0.717, 1.165) is 18.9 Å². The quantitative estimate of drug-likeness (QED) is 0.804. The van der Waals surface area contributed by atoms with Crippen LogP contribution in [0.15, 0.2) is 24.3 Å². The third-order valence-corrected chi connectivity index (χ3v) is 2.18. The highest BCUT2D eigenvalue weighted by molar-refractivity contribution is 5.26. The standard InChI is InChI=1S/C13H21NO/c1-5-15-12-8-6-11(7-9-12)10-14-13(2,3)4/h6-9,14H,5,10H2,1-4H3/p+1. The lowest BCUT2D eigenvalue weighted by molar-refractivity contribution is -0.731. The zero-order valence-electron chi connectivity index (χ0n) is 10.2. The Morgan fingerprint density at radius 3 is 2.20 bits per heavy atom. The van der Waals surface area contributed by atoms with Crippen molar-refractivity contribution in [1.29, 1.82) is 0 Å². The molecule has 1 aromatic rings. The monoisotopic (exact) mass is 208 g/mol. The van der Waals surface area contributed by atoms with Gasteiger partial charge in [0.05, 0.1) is 12.1 Å².